The van der Waals surface area contributed by atoms with Crippen LogP contribution in [0, 0.1) is 0 Å². The molecule has 15 heavy (non-hydrogen) atoms. The minimum absolute atomic E-state index is 0.255. The lowest BCUT2D eigenvalue weighted by Crippen LogP contribution is -2.44. The lowest BCUT2D eigenvalue weighted by atomic mass is 10.1. The van der Waals surface area contributed by atoms with E-state index in [1.54, 1.807) is 18.3 Å². The third-order valence-corrected chi connectivity index (χ3v) is 2.92. The highest BCUT2D eigenvalue weighted by atomic mass is 16.3. The van der Waals surface area contributed by atoms with Crippen molar-refractivity contribution < 1.29 is 5.11 Å². The number of aromatic hydroxyl groups is 1. The van der Waals surface area contributed by atoms with E-state index in [1.807, 2.05) is 7.05 Å². The molecule has 4 nitrogen and oxygen atoms in total. The number of pyridine rings is 1. The summed E-state index contributed by atoms with van der Waals surface area (Å²) >= 11 is 0. The summed E-state index contributed by atoms with van der Waals surface area (Å²) in [4.78, 5) is 6.26. The van der Waals surface area contributed by atoms with Crippen LogP contribution < -0.4 is 10.2 Å². The summed E-state index contributed by atoms with van der Waals surface area (Å²) in [6.07, 6.45) is 4.05. The first-order chi connectivity index (χ1) is 7.29. The Morgan fingerprint density at radius 1 is 1.60 bits per heavy atom. The molecule has 2 N–H and O–H groups in total. The van der Waals surface area contributed by atoms with Crippen LogP contribution in [0.2, 0.25) is 0 Å². The monoisotopic (exact) mass is 207 g/mol. The summed E-state index contributed by atoms with van der Waals surface area (Å²) in [5.41, 5.74) is 0. The molecule has 0 radical (unpaired) electrons. The Kier molecular flexibility index (Phi) is 3.06. The predicted octanol–water partition coefficient (Wildman–Crippen LogP) is 0.975. The molecule has 0 spiro atoms. The number of likely N-dealkylation sites (N-methyl/N-ethyl adjacent to an activating group) is 1. The molecule has 4 heteroatoms. The van der Waals surface area contributed by atoms with E-state index in [-0.39, 0.29) is 5.75 Å². The minimum Gasteiger partial charge on any atom is -0.504 e. The van der Waals surface area contributed by atoms with Crippen molar-refractivity contribution in [1.82, 2.24) is 10.3 Å². The molecule has 1 saturated heterocycles. The number of aromatic nitrogens is 1. The van der Waals surface area contributed by atoms with Gasteiger partial charge in [-0.05, 0) is 31.5 Å². The molecule has 1 aliphatic heterocycles. The van der Waals surface area contributed by atoms with E-state index >= 15 is 0 Å². The van der Waals surface area contributed by atoms with Gasteiger partial charge < -0.3 is 15.3 Å². The van der Waals surface area contributed by atoms with Crippen molar-refractivity contribution >= 4 is 5.82 Å². The Balaban J connectivity index is 2.12. The number of hydrogen-bond donors (Lipinski definition) is 2. The van der Waals surface area contributed by atoms with E-state index in [4.69, 9.17) is 0 Å². The first-order valence-electron chi connectivity index (χ1n) is 5.36. The number of nitrogens with one attached hydrogen (secondary N) is 1. The number of nitrogens with zero attached hydrogens (tertiary/aromatic N) is 2. The van der Waals surface area contributed by atoms with Crippen molar-refractivity contribution in [3.05, 3.63) is 18.3 Å². The van der Waals surface area contributed by atoms with Crippen LogP contribution in [0.25, 0.3) is 0 Å². The van der Waals surface area contributed by atoms with Crippen LogP contribution in [0.1, 0.15) is 12.8 Å². The third-order valence-electron chi connectivity index (χ3n) is 2.92. The highest BCUT2D eigenvalue weighted by Crippen LogP contribution is 2.25. The number of piperidine rings is 1. The van der Waals surface area contributed by atoms with Crippen LogP contribution in [0.15, 0.2) is 18.3 Å². The smallest absolute Gasteiger partial charge is 0.171 e. The molecule has 1 aliphatic rings. The van der Waals surface area contributed by atoms with Gasteiger partial charge in [0.2, 0.25) is 0 Å². The molecular weight excluding hydrogens is 190 g/mol. The molecule has 0 saturated carbocycles. The van der Waals surface area contributed by atoms with Crippen molar-refractivity contribution in [2.45, 2.75) is 18.9 Å². The Morgan fingerprint density at radius 2 is 2.47 bits per heavy atom. The Hall–Kier alpha value is -1.29. The summed E-state index contributed by atoms with van der Waals surface area (Å²) in [6.45, 7) is 2.06. The van der Waals surface area contributed by atoms with Crippen LogP contribution in [0.5, 0.6) is 5.75 Å². The van der Waals surface area contributed by atoms with Gasteiger partial charge in [-0.2, -0.15) is 0 Å². The molecule has 1 unspecified atom stereocenters. The summed E-state index contributed by atoms with van der Waals surface area (Å²) < 4.78 is 0. The Labute approximate surface area is 89.9 Å². The van der Waals surface area contributed by atoms with Gasteiger partial charge in [0, 0.05) is 25.8 Å². The fraction of sp³-hybridized carbons (Fsp3) is 0.545. The maximum absolute atomic E-state index is 9.69. The number of rotatable bonds is 2. The normalized spacial score (nSPS) is 21.3. The standard InChI is InChI=1S/C11H17N3O/c1-14(9-4-2-6-12-8-9)11-10(15)5-3-7-13-11/h3,5,7,9,12,15H,2,4,6,8H2,1H3. The largest absolute Gasteiger partial charge is 0.504 e. The lowest BCUT2D eigenvalue weighted by Gasteiger charge is -2.32. The first-order valence-corrected chi connectivity index (χ1v) is 5.36. The quantitative estimate of drug-likeness (QED) is 0.759. The van der Waals surface area contributed by atoms with Gasteiger partial charge in [0.15, 0.2) is 11.6 Å². The zero-order valence-electron chi connectivity index (χ0n) is 8.98. The van der Waals surface area contributed by atoms with Gasteiger partial charge in [-0.15, -0.1) is 0 Å². The second-order valence-corrected chi connectivity index (χ2v) is 3.96. The Bertz CT molecular complexity index is 323. The van der Waals surface area contributed by atoms with Crippen molar-refractivity contribution in [2.24, 2.45) is 0 Å². The summed E-state index contributed by atoms with van der Waals surface area (Å²) in [6, 6.07) is 3.85. The van der Waals surface area contributed by atoms with E-state index in [1.165, 1.54) is 6.42 Å². The van der Waals surface area contributed by atoms with Crippen LogP contribution in [-0.2, 0) is 0 Å². The molecule has 1 atom stereocenters. The molecule has 0 amide bonds. The zero-order chi connectivity index (χ0) is 10.7. The molecule has 1 aromatic heterocycles. The van der Waals surface area contributed by atoms with E-state index in [0.29, 0.717) is 11.9 Å². The topological polar surface area (TPSA) is 48.4 Å². The van der Waals surface area contributed by atoms with E-state index in [0.717, 1.165) is 19.5 Å². The minimum atomic E-state index is 0.255. The Morgan fingerprint density at radius 3 is 3.13 bits per heavy atom. The first kappa shape index (κ1) is 10.2. The summed E-state index contributed by atoms with van der Waals surface area (Å²) in [7, 11) is 1.99. The molecule has 1 aromatic rings. The number of hydrogen-bond acceptors (Lipinski definition) is 4. The van der Waals surface area contributed by atoms with E-state index < -0.39 is 0 Å². The van der Waals surface area contributed by atoms with Crippen molar-refractivity contribution in [3.8, 4) is 5.75 Å². The maximum Gasteiger partial charge on any atom is 0.171 e. The van der Waals surface area contributed by atoms with Gasteiger partial charge in [0.1, 0.15) is 0 Å². The molecule has 1 fully saturated rings. The van der Waals surface area contributed by atoms with Gasteiger partial charge >= 0.3 is 0 Å². The van der Waals surface area contributed by atoms with E-state index in [9.17, 15) is 5.11 Å². The van der Waals surface area contributed by atoms with Gasteiger partial charge in [-0.1, -0.05) is 0 Å². The summed E-state index contributed by atoms with van der Waals surface area (Å²) in [5, 5.41) is 13.0. The molecule has 82 valence electrons. The third kappa shape index (κ3) is 2.21. The molecular formula is C11H17N3O. The molecule has 0 aromatic carbocycles. The van der Waals surface area contributed by atoms with Gasteiger partial charge in [-0.25, -0.2) is 4.98 Å². The van der Waals surface area contributed by atoms with Crippen LogP contribution >= 0.6 is 0 Å². The van der Waals surface area contributed by atoms with Gasteiger partial charge in [0.05, 0.1) is 0 Å². The highest BCUT2D eigenvalue weighted by Gasteiger charge is 2.20. The van der Waals surface area contributed by atoms with Gasteiger partial charge in [0.25, 0.3) is 0 Å². The van der Waals surface area contributed by atoms with Crippen LogP contribution in [0.3, 0.4) is 0 Å². The fourth-order valence-corrected chi connectivity index (χ4v) is 2.00. The van der Waals surface area contributed by atoms with Crippen molar-refractivity contribution in [1.29, 1.82) is 0 Å². The van der Waals surface area contributed by atoms with E-state index in [2.05, 4.69) is 15.2 Å². The molecule has 2 rings (SSSR count). The number of anilines is 1. The summed E-state index contributed by atoms with van der Waals surface area (Å²) in [5.74, 6) is 0.928. The maximum atomic E-state index is 9.69. The van der Waals surface area contributed by atoms with Crippen molar-refractivity contribution in [3.63, 3.8) is 0 Å². The second kappa shape index (κ2) is 4.49. The second-order valence-electron chi connectivity index (χ2n) is 3.96. The molecule has 2 heterocycles. The van der Waals surface area contributed by atoms with Crippen LogP contribution in [-0.4, -0.2) is 36.3 Å². The molecule has 0 bridgehead atoms. The van der Waals surface area contributed by atoms with Gasteiger partial charge in [-0.3, -0.25) is 0 Å². The fourth-order valence-electron chi connectivity index (χ4n) is 2.00. The SMILES string of the molecule is CN(c1ncccc1O)C1CCCNC1. The van der Waals surface area contributed by atoms with Crippen molar-refractivity contribution in [2.75, 3.05) is 25.0 Å². The zero-order valence-corrected chi connectivity index (χ0v) is 8.98. The highest BCUT2D eigenvalue weighted by molar-refractivity contribution is 5.51. The average Bonchev–Trinajstić information content (AvgIpc) is 2.30. The van der Waals surface area contributed by atoms with Crippen LogP contribution in [0.4, 0.5) is 5.82 Å². The predicted molar refractivity (Wildman–Crippen MR) is 60.2 cm³/mol. The lowest BCUT2D eigenvalue weighted by molar-refractivity contribution is 0.431. The average molecular weight is 207 g/mol. The molecule has 0 aliphatic carbocycles.